The van der Waals surface area contributed by atoms with Gasteiger partial charge in [0.2, 0.25) is 17.7 Å². The summed E-state index contributed by atoms with van der Waals surface area (Å²) in [5, 5.41) is 7.10. The zero-order chi connectivity index (χ0) is 22.4. The van der Waals surface area contributed by atoms with E-state index in [1.807, 2.05) is 49.6 Å². The lowest BCUT2D eigenvalue weighted by molar-refractivity contribution is -0.141. The summed E-state index contributed by atoms with van der Waals surface area (Å²) < 4.78 is 5.07. The lowest BCUT2D eigenvalue weighted by atomic mass is 9.74. The Kier molecular flexibility index (Phi) is 7.62. The van der Waals surface area contributed by atoms with E-state index < -0.39 is 5.41 Å². The van der Waals surface area contributed by atoms with Gasteiger partial charge in [-0.05, 0) is 60.2 Å². The van der Waals surface area contributed by atoms with Crippen LogP contribution in [0.15, 0.2) is 41.1 Å². The van der Waals surface area contributed by atoms with Crippen LogP contribution < -0.4 is 5.32 Å². The van der Waals surface area contributed by atoms with Crippen LogP contribution in [0.1, 0.15) is 42.9 Å². The highest BCUT2D eigenvalue weighted by atomic mass is 32.1. The summed E-state index contributed by atoms with van der Waals surface area (Å²) in [5.74, 6) is -0.738. The molecule has 1 aromatic carbocycles. The number of amides is 3. The Balaban J connectivity index is 1.82. The normalized spacial score (nSPS) is 19.6. The van der Waals surface area contributed by atoms with Crippen LogP contribution in [0.2, 0.25) is 0 Å². The van der Waals surface area contributed by atoms with Gasteiger partial charge in [-0.3, -0.25) is 19.3 Å². The van der Waals surface area contributed by atoms with Gasteiger partial charge in [-0.2, -0.15) is 11.3 Å². The van der Waals surface area contributed by atoms with E-state index in [1.54, 1.807) is 18.4 Å². The van der Waals surface area contributed by atoms with Crippen molar-refractivity contribution in [2.24, 2.45) is 0 Å². The standard InChI is InChI=1S/C24H30N2O4S/c1-17-7-4-5-8-20(17)24(15-22(28)26(23(24)29)10-6-11-30-3)14-21(27)25-18(2)13-19-9-12-31-16-19/h4-5,7-9,12,16,18H,6,10-11,13-15H2,1-3H3,(H,25,27)/t18-,24+/m0/s1. The summed E-state index contributed by atoms with van der Waals surface area (Å²) in [7, 11) is 1.59. The molecule has 1 fully saturated rings. The summed E-state index contributed by atoms with van der Waals surface area (Å²) in [6.07, 6.45) is 1.26. The second kappa shape index (κ2) is 10.2. The monoisotopic (exact) mass is 442 g/mol. The number of likely N-dealkylation sites (tertiary alicyclic amines) is 1. The van der Waals surface area contributed by atoms with E-state index in [9.17, 15) is 14.4 Å². The lowest BCUT2D eigenvalue weighted by Crippen LogP contribution is -2.44. The van der Waals surface area contributed by atoms with Gasteiger partial charge in [0, 0.05) is 39.1 Å². The van der Waals surface area contributed by atoms with E-state index in [4.69, 9.17) is 4.74 Å². The van der Waals surface area contributed by atoms with E-state index in [1.165, 1.54) is 10.5 Å². The van der Waals surface area contributed by atoms with Gasteiger partial charge in [0.05, 0.1) is 5.41 Å². The first kappa shape index (κ1) is 23.2. The number of carbonyl (C=O) groups is 3. The highest BCUT2D eigenvalue weighted by Crippen LogP contribution is 2.41. The van der Waals surface area contributed by atoms with Gasteiger partial charge in [-0.25, -0.2) is 0 Å². The van der Waals surface area contributed by atoms with Crippen molar-refractivity contribution in [1.82, 2.24) is 10.2 Å². The largest absolute Gasteiger partial charge is 0.385 e. The van der Waals surface area contributed by atoms with Gasteiger partial charge < -0.3 is 10.1 Å². The van der Waals surface area contributed by atoms with E-state index in [0.29, 0.717) is 19.6 Å². The Morgan fingerprint density at radius 1 is 1.29 bits per heavy atom. The number of nitrogens with one attached hydrogen (secondary N) is 1. The minimum atomic E-state index is -1.16. The minimum absolute atomic E-state index is 0.00992. The van der Waals surface area contributed by atoms with Crippen molar-refractivity contribution >= 4 is 29.1 Å². The Bertz CT molecular complexity index is 927. The average molecular weight is 443 g/mol. The quantitative estimate of drug-likeness (QED) is 0.453. The summed E-state index contributed by atoms with van der Waals surface area (Å²) in [4.78, 5) is 40.7. The molecule has 0 saturated carbocycles. The van der Waals surface area contributed by atoms with Gasteiger partial charge in [-0.15, -0.1) is 0 Å². The molecule has 6 nitrogen and oxygen atoms in total. The molecule has 0 bridgehead atoms. The molecule has 0 spiro atoms. The number of thiophene rings is 1. The molecular weight excluding hydrogens is 412 g/mol. The molecule has 166 valence electrons. The summed E-state index contributed by atoms with van der Waals surface area (Å²) >= 11 is 1.62. The van der Waals surface area contributed by atoms with Gasteiger partial charge in [0.25, 0.3) is 0 Å². The highest BCUT2D eigenvalue weighted by molar-refractivity contribution is 7.07. The van der Waals surface area contributed by atoms with Crippen molar-refractivity contribution in [2.45, 2.75) is 51.0 Å². The second-order valence-electron chi connectivity index (χ2n) is 8.25. The molecule has 1 saturated heterocycles. The number of rotatable bonds is 10. The molecule has 2 heterocycles. The third-order valence-corrected chi connectivity index (χ3v) is 6.52. The molecule has 0 unspecified atom stereocenters. The minimum Gasteiger partial charge on any atom is -0.385 e. The molecule has 7 heteroatoms. The van der Waals surface area contributed by atoms with Crippen molar-refractivity contribution < 1.29 is 19.1 Å². The third kappa shape index (κ3) is 5.22. The van der Waals surface area contributed by atoms with Crippen LogP contribution in [0, 0.1) is 6.92 Å². The molecule has 1 N–H and O–H groups in total. The number of ether oxygens (including phenoxy) is 1. The Morgan fingerprint density at radius 2 is 2.06 bits per heavy atom. The van der Waals surface area contributed by atoms with Crippen LogP contribution >= 0.6 is 11.3 Å². The van der Waals surface area contributed by atoms with Crippen molar-refractivity contribution in [3.8, 4) is 0 Å². The molecule has 0 radical (unpaired) electrons. The topological polar surface area (TPSA) is 75.7 Å². The van der Waals surface area contributed by atoms with E-state index >= 15 is 0 Å². The number of benzene rings is 1. The van der Waals surface area contributed by atoms with Gasteiger partial charge in [0.15, 0.2) is 0 Å². The number of hydrogen-bond acceptors (Lipinski definition) is 5. The molecule has 2 atom stereocenters. The maximum absolute atomic E-state index is 13.5. The molecule has 31 heavy (non-hydrogen) atoms. The molecule has 1 aromatic heterocycles. The summed E-state index contributed by atoms with van der Waals surface area (Å²) in [5.41, 5.74) is 1.66. The zero-order valence-electron chi connectivity index (χ0n) is 18.3. The highest BCUT2D eigenvalue weighted by Gasteiger charge is 2.54. The fraction of sp³-hybridized carbons (Fsp3) is 0.458. The molecule has 3 amide bonds. The Hall–Kier alpha value is -2.51. The smallest absolute Gasteiger partial charge is 0.240 e. The average Bonchev–Trinajstić information content (AvgIpc) is 3.30. The van der Waals surface area contributed by atoms with Crippen molar-refractivity contribution in [2.75, 3.05) is 20.3 Å². The van der Waals surface area contributed by atoms with Crippen LogP contribution in [0.4, 0.5) is 0 Å². The number of aryl methyl sites for hydroxylation is 1. The molecule has 1 aliphatic heterocycles. The number of imide groups is 1. The molecule has 2 aromatic rings. The van der Waals surface area contributed by atoms with Crippen LogP contribution in [0.25, 0.3) is 0 Å². The number of hydrogen-bond donors (Lipinski definition) is 1. The van der Waals surface area contributed by atoms with Gasteiger partial charge >= 0.3 is 0 Å². The fourth-order valence-electron chi connectivity index (χ4n) is 4.36. The summed E-state index contributed by atoms with van der Waals surface area (Å²) in [6, 6.07) is 9.50. The predicted octanol–water partition coefficient (Wildman–Crippen LogP) is 3.23. The van der Waals surface area contributed by atoms with E-state index in [0.717, 1.165) is 17.5 Å². The van der Waals surface area contributed by atoms with Crippen molar-refractivity contribution in [3.63, 3.8) is 0 Å². The second-order valence-corrected chi connectivity index (χ2v) is 9.03. The number of nitrogens with zero attached hydrogens (tertiary/aromatic N) is 1. The van der Waals surface area contributed by atoms with Gasteiger partial charge in [0.1, 0.15) is 0 Å². The first-order valence-electron chi connectivity index (χ1n) is 10.6. The van der Waals surface area contributed by atoms with Crippen LogP contribution in [0.5, 0.6) is 0 Å². The van der Waals surface area contributed by atoms with Crippen molar-refractivity contribution in [3.05, 3.63) is 57.8 Å². The van der Waals surface area contributed by atoms with E-state index in [-0.39, 0.29) is 36.6 Å². The molecular formula is C24H30N2O4S. The SMILES string of the molecule is COCCCN1C(=O)C[C@](CC(=O)N[C@@H](C)Cc2ccsc2)(c2ccccc2C)C1=O. The third-order valence-electron chi connectivity index (χ3n) is 5.79. The molecule has 0 aliphatic carbocycles. The Morgan fingerprint density at radius 3 is 2.74 bits per heavy atom. The molecule has 3 rings (SSSR count). The van der Waals surface area contributed by atoms with Crippen LogP contribution in [-0.4, -0.2) is 48.9 Å². The van der Waals surface area contributed by atoms with Crippen molar-refractivity contribution in [1.29, 1.82) is 0 Å². The van der Waals surface area contributed by atoms with E-state index in [2.05, 4.69) is 10.7 Å². The first-order chi connectivity index (χ1) is 14.9. The Labute approximate surface area is 187 Å². The fourth-order valence-corrected chi connectivity index (χ4v) is 5.04. The maximum Gasteiger partial charge on any atom is 0.240 e. The number of methoxy groups -OCH3 is 1. The molecule has 1 aliphatic rings. The van der Waals surface area contributed by atoms with Crippen LogP contribution in [0.3, 0.4) is 0 Å². The summed E-state index contributed by atoms with van der Waals surface area (Å²) in [6.45, 7) is 4.64. The zero-order valence-corrected chi connectivity index (χ0v) is 19.2. The predicted molar refractivity (Wildman–Crippen MR) is 121 cm³/mol. The lowest BCUT2D eigenvalue weighted by Gasteiger charge is -2.29. The van der Waals surface area contributed by atoms with Gasteiger partial charge in [-0.1, -0.05) is 24.3 Å². The maximum atomic E-state index is 13.5. The van der Waals surface area contributed by atoms with Crippen LogP contribution in [-0.2, 0) is 31.0 Å². The number of carbonyl (C=O) groups excluding carboxylic acids is 3. The first-order valence-corrected chi connectivity index (χ1v) is 11.5.